The summed E-state index contributed by atoms with van der Waals surface area (Å²) < 4.78 is 20.2. The third-order valence-corrected chi connectivity index (χ3v) is 4.92. The molecule has 0 radical (unpaired) electrons. The molecule has 1 heterocycles. The number of halogens is 2. The molecule has 0 spiro atoms. The maximum Gasteiger partial charge on any atom is 0.326 e. The fourth-order valence-electron chi connectivity index (χ4n) is 3.22. The molecular weight excluding hydrogens is 381 g/mol. The van der Waals surface area contributed by atoms with Gasteiger partial charge in [-0.25, -0.2) is 4.39 Å². The second kappa shape index (κ2) is 7.44. The fourth-order valence-corrected chi connectivity index (χ4v) is 3.44. The van der Waals surface area contributed by atoms with Gasteiger partial charge in [0.1, 0.15) is 19.0 Å². The van der Waals surface area contributed by atoms with Crippen molar-refractivity contribution in [2.45, 2.75) is 13.2 Å². The van der Waals surface area contributed by atoms with Gasteiger partial charge >= 0.3 is 5.97 Å². The van der Waals surface area contributed by atoms with Crippen molar-refractivity contribution in [2.75, 3.05) is 0 Å². The van der Waals surface area contributed by atoms with Crippen LogP contribution in [0, 0.1) is 5.82 Å². The van der Waals surface area contributed by atoms with Crippen LogP contribution in [-0.4, -0.2) is 10.5 Å². The molecule has 6 heteroatoms. The molecule has 0 saturated heterocycles. The van der Waals surface area contributed by atoms with Gasteiger partial charge in [0.2, 0.25) is 0 Å². The fraction of sp³-hybridized carbons (Fsp3) is 0.0909. The van der Waals surface area contributed by atoms with E-state index in [1.54, 1.807) is 41.0 Å². The van der Waals surface area contributed by atoms with Crippen molar-refractivity contribution in [2.24, 2.45) is 0 Å². The quantitative estimate of drug-likeness (QED) is 0.372. The van der Waals surface area contributed by atoms with Crippen LogP contribution in [0.5, 0.6) is 0 Å². The molecule has 0 amide bonds. The van der Waals surface area contributed by atoms with Gasteiger partial charge in [-0.15, -0.1) is 0 Å². The second-order valence-corrected chi connectivity index (χ2v) is 6.75. The molecule has 28 heavy (non-hydrogen) atoms. The molecule has 0 atom stereocenters. The number of fused-ring (bicyclic) bond motifs is 2. The van der Waals surface area contributed by atoms with Crippen LogP contribution in [-0.2, 0) is 22.7 Å². The van der Waals surface area contributed by atoms with Gasteiger partial charge < -0.3 is 9.30 Å². The van der Waals surface area contributed by atoms with E-state index in [-0.39, 0.29) is 23.6 Å². The molecule has 0 N–H and O–H groups in total. The number of benzene rings is 3. The summed E-state index contributed by atoms with van der Waals surface area (Å²) in [4.78, 5) is 25.2. The predicted octanol–water partition coefficient (Wildman–Crippen LogP) is 4.69. The summed E-state index contributed by atoms with van der Waals surface area (Å²) in [7, 11) is 0. The van der Waals surface area contributed by atoms with Crippen molar-refractivity contribution in [1.82, 2.24) is 4.57 Å². The highest BCUT2D eigenvalue weighted by Crippen LogP contribution is 2.20. The van der Waals surface area contributed by atoms with E-state index in [9.17, 15) is 14.0 Å². The molecule has 4 rings (SSSR count). The van der Waals surface area contributed by atoms with Gasteiger partial charge in [0.05, 0.1) is 16.1 Å². The summed E-state index contributed by atoms with van der Waals surface area (Å²) in [6.07, 6.45) is 0. The monoisotopic (exact) mass is 395 g/mol. The number of aromatic nitrogens is 1. The van der Waals surface area contributed by atoms with Gasteiger partial charge in [-0.05, 0) is 36.4 Å². The topological polar surface area (TPSA) is 48.3 Å². The van der Waals surface area contributed by atoms with Crippen molar-refractivity contribution in [3.8, 4) is 0 Å². The van der Waals surface area contributed by atoms with Gasteiger partial charge in [0, 0.05) is 16.3 Å². The zero-order valence-corrected chi connectivity index (χ0v) is 15.4. The first kappa shape index (κ1) is 18.2. The Morgan fingerprint density at radius 1 is 0.964 bits per heavy atom. The van der Waals surface area contributed by atoms with E-state index in [1.165, 1.54) is 18.2 Å². The Hall–Kier alpha value is -3.18. The smallest absolute Gasteiger partial charge is 0.326 e. The summed E-state index contributed by atoms with van der Waals surface area (Å²) in [6.45, 7) is -0.131. The maximum absolute atomic E-state index is 13.1. The van der Waals surface area contributed by atoms with Crippen LogP contribution in [0.25, 0.3) is 21.8 Å². The molecule has 4 aromatic rings. The minimum absolute atomic E-state index is 0.0615. The van der Waals surface area contributed by atoms with Crippen LogP contribution in [0.3, 0.4) is 0 Å². The molecule has 0 bridgehead atoms. The Bertz CT molecular complexity index is 1210. The highest BCUT2D eigenvalue weighted by atomic mass is 35.5. The number of esters is 1. The minimum Gasteiger partial charge on any atom is -0.459 e. The van der Waals surface area contributed by atoms with E-state index in [4.69, 9.17) is 16.3 Å². The van der Waals surface area contributed by atoms with Crippen molar-refractivity contribution in [3.63, 3.8) is 0 Å². The first-order valence-electron chi connectivity index (χ1n) is 8.64. The predicted molar refractivity (Wildman–Crippen MR) is 107 cm³/mol. The average molecular weight is 396 g/mol. The molecule has 0 aliphatic rings. The van der Waals surface area contributed by atoms with Crippen LogP contribution >= 0.6 is 11.6 Å². The lowest BCUT2D eigenvalue weighted by Crippen LogP contribution is -2.18. The summed E-state index contributed by atoms with van der Waals surface area (Å²) >= 11 is 5.98. The number of nitrogens with zero attached hydrogens (tertiary/aromatic N) is 1. The molecule has 4 nitrogen and oxygen atoms in total. The number of rotatable bonds is 4. The molecule has 140 valence electrons. The highest BCUT2D eigenvalue weighted by molar-refractivity contribution is 6.31. The molecule has 0 fully saturated rings. The van der Waals surface area contributed by atoms with Crippen LogP contribution in [0.15, 0.2) is 71.5 Å². The van der Waals surface area contributed by atoms with E-state index in [1.807, 2.05) is 12.1 Å². The normalized spacial score (nSPS) is 11.1. The van der Waals surface area contributed by atoms with Crippen molar-refractivity contribution >= 4 is 39.4 Å². The average Bonchev–Trinajstić information content (AvgIpc) is 2.70. The van der Waals surface area contributed by atoms with Crippen LogP contribution < -0.4 is 5.43 Å². The van der Waals surface area contributed by atoms with Crippen LogP contribution in [0.1, 0.15) is 5.56 Å². The van der Waals surface area contributed by atoms with Gasteiger partial charge in [0.25, 0.3) is 0 Å². The molecule has 0 unspecified atom stereocenters. The number of pyridine rings is 1. The van der Waals surface area contributed by atoms with Crippen molar-refractivity contribution < 1.29 is 13.9 Å². The Morgan fingerprint density at radius 2 is 1.57 bits per heavy atom. The van der Waals surface area contributed by atoms with E-state index in [0.29, 0.717) is 27.4 Å². The van der Waals surface area contributed by atoms with Gasteiger partial charge in [-0.3, -0.25) is 9.59 Å². The summed E-state index contributed by atoms with van der Waals surface area (Å²) in [5, 5.41) is 1.28. The molecule has 1 aromatic heterocycles. The first-order valence-corrected chi connectivity index (χ1v) is 9.02. The minimum atomic E-state index is -0.487. The largest absolute Gasteiger partial charge is 0.459 e. The Balaban J connectivity index is 1.67. The van der Waals surface area contributed by atoms with Crippen molar-refractivity contribution in [3.05, 3.63) is 93.4 Å². The lowest BCUT2D eigenvalue weighted by Gasteiger charge is -2.15. The number of carbonyl (C=O) groups excluding carboxylic acids is 1. The SMILES string of the molecule is O=C(Cn1c2ccccc2c(=O)c2ccccc21)OCc1ccc(F)cc1Cl. The molecule has 0 aliphatic heterocycles. The number of hydrogen-bond acceptors (Lipinski definition) is 3. The third kappa shape index (κ3) is 3.37. The Labute approximate surface area is 164 Å². The standard InChI is InChI=1S/C22H15ClFNO3/c23-18-11-15(24)10-9-14(18)13-28-21(26)12-25-19-7-3-1-5-16(19)22(27)17-6-2-4-8-20(17)25/h1-11H,12-13H2. The lowest BCUT2D eigenvalue weighted by atomic mass is 10.1. The number of para-hydroxylation sites is 2. The van der Waals surface area contributed by atoms with E-state index < -0.39 is 11.8 Å². The molecular formula is C22H15ClFNO3. The van der Waals surface area contributed by atoms with Gasteiger partial charge in [-0.1, -0.05) is 41.9 Å². The zero-order valence-electron chi connectivity index (χ0n) is 14.7. The van der Waals surface area contributed by atoms with E-state index in [0.717, 1.165) is 0 Å². The summed E-state index contributed by atoms with van der Waals surface area (Å²) in [5.41, 5.74) is 1.76. The number of carbonyl (C=O) groups is 1. The molecule has 0 saturated carbocycles. The highest BCUT2D eigenvalue weighted by Gasteiger charge is 2.14. The number of hydrogen-bond donors (Lipinski definition) is 0. The third-order valence-electron chi connectivity index (χ3n) is 4.57. The van der Waals surface area contributed by atoms with E-state index >= 15 is 0 Å². The molecule has 0 aliphatic carbocycles. The van der Waals surface area contributed by atoms with Gasteiger partial charge in [-0.2, -0.15) is 0 Å². The lowest BCUT2D eigenvalue weighted by molar-refractivity contribution is -0.145. The maximum atomic E-state index is 13.1. The Morgan fingerprint density at radius 3 is 2.18 bits per heavy atom. The van der Waals surface area contributed by atoms with Gasteiger partial charge in [0.15, 0.2) is 5.43 Å². The number of ether oxygens (including phenoxy) is 1. The summed E-state index contributed by atoms with van der Waals surface area (Å²) in [6, 6.07) is 18.2. The Kier molecular flexibility index (Phi) is 4.84. The zero-order chi connectivity index (χ0) is 19.7. The van der Waals surface area contributed by atoms with Crippen LogP contribution in [0.2, 0.25) is 5.02 Å². The first-order chi connectivity index (χ1) is 13.5. The molecule has 3 aromatic carbocycles. The van der Waals surface area contributed by atoms with E-state index in [2.05, 4.69) is 0 Å². The second-order valence-electron chi connectivity index (χ2n) is 6.35. The van der Waals surface area contributed by atoms with Crippen LogP contribution in [0.4, 0.5) is 4.39 Å². The van der Waals surface area contributed by atoms with Crippen molar-refractivity contribution in [1.29, 1.82) is 0 Å². The summed E-state index contributed by atoms with van der Waals surface area (Å²) in [5.74, 6) is -0.939.